The van der Waals surface area contributed by atoms with Gasteiger partial charge in [-0.05, 0) is 12.8 Å². The van der Waals surface area contributed by atoms with E-state index in [1.807, 2.05) is 0 Å². The molecule has 0 atom stereocenters. The molecule has 1 heterocycles. The van der Waals surface area contributed by atoms with Gasteiger partial charge in [-0.25, -0.2) is 11.5 Å². The number of ether oxygens (including phenoxy) is 1. The SMILES string of the molecule is BCl.C1CCOC1. The predicted octanol–water partition coefficient (Wildman–Crippen LogP) is 0.570. The Morgan fingerprint density at radius 1 is 1.14 bits per heavy atom. The number of rotatable bonds is 0. The van der Waals surface area contributed by atoms with Crippen molar-refractivity contribution in [2.24, 2.45) is 0 Å². The molecule has 1 aliphatic heterocycles. The molecule has 0 aromatic carbocycles. The van der Waals surface area contributed by atoms with E-state index in [1.165, 1.54) is 20.1 Å². The van der Waals surface area contributed by atoms with E-state index in [4.69, 9.17) is 4.74 Å². The third-order valence-electron chi connectivity index (χ3n) is 0.827. The molecule has 1 nitrogen and oxygen atoms in total. The van der Waals surface area contributed by atoms with E-state index in [1.54, 1.807) is 0 Å². The van der Waals surface area contributed by atoms with E-state index in [0.717, 1.165) is 13.2 Å². The van der Waals surface area contributed by atoms with E-state index in [9.17, 15) is 0 Å². The molecule has 0 aliphatic carbocycles. The van der Waals surface area contributed by atoms with Crippen molar-refractivity contribution in [1.82, 2.24) is 0 Å². The molecule has 0 radical (unpaired) electrons. The molecule has 0 N–H and O–H groups in total. The van der Waals surface area contributed by atoms with Gasteiger partial charge in [0.2, 0.25) is 7.26 Å². The lowest BCUT2D eigenvalue weighted by atomic mass is 10.4. The lowest BCUT2D eigenvalue weighted by molar-refractivity contribution is 0.198. The van der Waals surface area contributed by atoms with Gasteiger partial charge in [0.25, 0.3) is 0 Å². The Kier molecular flexibility index (Phi) is 6.60. The van der Waals surface area contributed by atoms with Gasteiger partial charge in [-0.3, -0.25) is 0 Å². The molecule has 0 spiro atoms. The quantitative estimate of drug-likeness (QED) is 0.425. The zero-order valence-electron chi connectivity index (χ0n) is 4.61. The molecule has 0 aromatic heterocycles. The van der Waals surface area contributed by atoms with Crippen LogP contribution < -0.4 is 0 Å². The average Bonchev–Trinajstić information content (AvgIpc) is 2.23. The first-order valence-corrected chi connectivity index (χ1v) is 3.21. The Balaban J connectivity index is 0.000000162. The van der Waals surface area contributed by atoms with Crippen LogP contribution in [0.25, 0.3) is 0 Å². The van der Waals surface area contributed by atoms with Crippen molar-refractivity contribution in [2.75, 3.05) is 13.2 Å². The van der Waals surface area contributed by atoms with E-state index in [-0.39, 0.29) is 0 Å². The highest BCUT2D eigenvalue weighted by Gasteiger charge is 1.94. The van der Waals surface area contributed by atoms with Gasteiger partial charge in [0.15, 0.2) is 0 Å². The molecule has 1 saturated heterocycles. The minimum Gasteiger partial charge on any atom is -0.381 e. The topological polar surface area (TPSA) is 9.23 Å². The van der Waals surface area contributed by atoms with Crippen LogP contribution in [0.5, 0.6) is 0 Å². The molecule has 1 fully saturated rings. The summed E-state index contributed by atoms with van der Waals surface area (Å²) in [5, 5.41) is 0. The van der Waals surface area contributed by atoms with Gasteiger partial charge < -0.3 is 4.74 Å². The summed E-state index contributed by atoms with van der Waals surface area (Å²) in [6.45, 7) is 2.00. The standard InChI is InChI=1S/C4H8O.BClH2/c1-2-4-5-3-1;1-2/h1-4H2;1H2. The molecule has 1 rings (SSSR count). The highest BCUT2D eigenvalue weighted by molar-refractivity contribution is 6.80. The van der Waals surface area contributed by atoms with Crippen LogP contribution in [-0.4, -0.2) is 20.5 Å². The van der Waals surface area contributed by atoms with Gasteiger partial charge in [0.1, 0.15) is 0 Å². The van der Waals surface area contributed by atoms with Gasteiger partial charge in [-0.1, -0.05) is 0 Å². The molecule has 1 aliphatic rings. The Hall–Kier alpha value is 0.315. The lowest BCUT2D eigenvalue weighted by Crippen LogP contribution is -1.74. The summed E-state index contributed by atoms with van der Waals surface area (Å²) in [4.78, 5) is 0. The molecule has 0 unspecified atom stereocenters. The van der Waals surface area contributed by atoms with Crippen molar-refractivity contribution in [3.05, 3.63) is 0 Å². The fourth-order valence-corrected chi connectivity index (χ4v) is 0.510. The van der Waals surface area contributed by atoms with Crippen LogP contribution in [0.3, 0.4) is 0 Å². The molecule has 0 bridgehead atoms. The molecule has 0 amide bonds. The van der Waals surface area contributed by atoms with E-state index in [2.05, 4.69) is 11.5 Å². The Morgan fingerprint density at radius 2 is 1.57 bits per heavy atom. The van der Waals surface area contributed by atoms with Gasteiger partial charge >= 0.3 is 0 Å². The van der Waals surface area contributed by atoms with Gasteiger partial charge in [0.05, 0.1) is 0 Å². The Morgan fingerprint density at radius 3 is 1.71 bits per heavy atom. The predicted molar refractivity (Wildman–Crippen MR) is 34.4 cm³/mol. The average molecular weight is 120 g/mol. The summed E-state index contributed by atoms with van der Waals surface area (Å²) in [7, 11) is 1.47. The number of hydrogen-bond acceptors (Lipinski definition) is 1. The normalized spacial score (nSPS) is 17.9. The highest BCUT2D eigenvalue weighted by Crippen LogP contribution is 1.98. The van der Waals surface area contributed by atoms with Crippen molar-refractivity contribution in [2.45, 2.75) is 12.8 Å². The number of hydrogen-bond donors (Lipinski definition) is 0. The zero-order valence-corrected chi connectivity index (χ0v) is 5.37. The highest BCUT2D eigenvalue weighted by atomic mass is 35.5. The van der Waals surface area contributed by atoms with Crippen LogP contribution in [0.2, 0.25) is 0 Å². The zero-order chi connectivity index (χ0) is 5.54. The van der Waals surface area contributed by atoms with E-state index in [0.29, 0.717) is 0 Å². The largest absolute Gasteiger partial charge is 0.381 e. The maximum Gasteiger partial charge on any atom is 0.215 e. The third kappa shape index (κ3) is 4.16. The van der Waals surface area contributed by atoms with Crippen molar-refractivity contribution in [3.8, 4) is 0 Å². The first kappa shape index (κ1) is 7.31. The lowest BCUT2D eigenvalue weighted by Gasteiger charge is -1.76. The molecular weight excluding hydrogens is 110 g/mol. The molecule has 42 valence electrons. The van der Waals surface area contributed by atoms with Crippen molar-refractivity contribution in [1.29, 1.82) is 0 Å². The minimum absolute atomic E-state index is 1.00. The smallest absolute Gasteiger partial charge is 0.215 e. The van der Waals surface area contributed by atoms with Crippen LogP contribution in [0.4, 0.5) is 0 Å². The van der Waals surface area contributed by atoms with Crippen molar-refractivity contribution < 1.29 is 4.74 Å². The summed E-state index contributed by atoms with van der Waals surface area (Å²) in [6, 6.07) is 0. The maximum absolute atomic E-state index is 4.94. The molecule has 3 heteroatoms. The first-order valence-electron chi connectivity index (χ1n) is 2.46. The van der Waals surface area contributed by atoms with Gasteiger partial charge in [0, 0.05) is 13.2 Å². The van der Waals surface area contributed by atoms with Crippen LogP contribution in [0, 0.1) is 0 Å². The Labute approximate surface area is 50.3 Å². The Bertz CT molecular complexity index is 23.3. The second kappa shape index (κ2) is 6.31. The summed E-state index contributed by atoms with van der Waals surface area (Å²) in [6.07, 6.45) is 2.56. The fourth-order valence-electron chi connectivity index (χ4n) is 0.510. The molecule has 7 heavy (non-hydrogen) atoms. The van der Waals surface area contributed by atoms with Crippen molar-refractivity contribution >= 4 is 18.7 Å². The van der Waals surface area contributed by atoms with Crippen molar-refractivity contribution in [3.63, 3.8) is 0 Å². The number of halogens is 1. The second-order valence-electron chi connectivity index (χ2n) is 1.32. The van der Waals surface area contributed by atoms with Crippen LogP contribution >= 0.6 is 11.5 Å². The summed E-state index contributed by atoms with van der Waals surface area (Å²) < 4.78 is 4.94. The minimum atomic E-state index is 1.00. The fraction of sp³-hybridized carbons (Fsp3) is 1.00. The van der Waals surface area contributed by atoms with Gasteiger partial charge in [-0.2, -0.15) is 0 Å². The van der Waals surface area contributed by atoms with Crippen LogP contribution in [0.15, 0.2) is 0 Å². The summed E-state index contributed by atoms with van der Waals surface area (Å²) >= 11 is 4.64. The van der Waals surface area contributed by atoms with Crippen LogP contribution in [0.1, 0.15) is 12.8 Å². The monoisotopic (exact) mass is 120 g/mol. The summed E-state index contributed by atoms with van der Waals surface area (Å²) in [5.74, 6) is 0. The van der Waals surface area contributed by atoms with Gasteiger partial charge in [-0.15, -0.1) is 0 Å². The third-order valence-corrected chi connectivity index (χ3v) is 0.827. The maximum atomic E-state index is 4.94. The first-order chi connectivity index (χ1) is 3.50. The van der Waals surface area contributed by atoms with Crippen LogP contribution in [-0.2, 0) is 4.74 Å². The van der Waals surface area contributed by atoms with E-state index < -0.39 is 0 Å². The van der Waals surface area contributed by atoms with E-state index >= 15 is 0 Å². The molecule has 0 aromatic rings. The second-order valence-corrected chi connectivity index (χ2v) is 1.32. The molecule has 0 saturated carbocycles. The summed E-state index contributed by atoms with van der Waals surface area (Å²) in [5.41, 5.74) is 0. The molecular formula is C4H10BClO.